The fraction of sp³-hybridized carbons (Fsp3) is 0.467. The molecular formula is C15H18N4OS. The van der Waals surface area contributed by atoms with Crippen LogP contribution >= 0.6 is 11.8 Å². The summed E-state index contributed by atoms with van der Waals surface area (Å²) in [4.78, 5) is 12.2. The minimum absolute atomic E-state index is 0.115. The summed E-state index contributed by atoms with van der Waals surface area (Å²) in [5.74, 6) is 0.487. The van der Waals surface area contributed by atoms with Crippen molar-refractivity contribution in [2.75, 3.05) is 5.75 Å². The van der Waals surface area contributed by atoms with Crippen molar-refractivity contribution in [2.45, 2.75) is 43.8 Å². The first-order chi connectivity index (χ1) is 10.2. The van der Waals surface area contributed by atoms with E-state index in [2.05, 4.69) is 15.5 Å². The molecule has 0 saturated heterocycles. The van der Waals surface area contributed by atoms with E-state index in [9.17, 15) is 4.79 Å². The van der Waals surface area contributed by atoms with Crippen LogP contribution in [0.5, 0.6) is 0 Å². The lowest BCUT2D eigenvalue weighted by Crippen LogP contribution is -2.10. The minimum atomic E-state index is 0.115. The van der Waals surface area contributed by atoms with E-state index in [0.717, 1.165) is 29.1 Å². The summed E-state index contributed by atoms with van der Waals surface area (Å²) in [5.41, 5.74) is 1.85. The third kappa shape index (κ3) is 3.32. The van der Waals surface area contributed by atoms with Gasteiger partial charge in [0.2, 0.25) is 5.16 Å². The van der Waals surface area contributed by atoms with Crippen molar-refractivity contribution in [2.24, 2.45) is 0 Å². The maximum absolute atomic E-state index is 12.2. The van der Waals surface area contributed by atoms with Crippen LogP contribution in [0.25, 0.3) is 0 Å². The Labute approximate surface area is 128 Å². The Hall–Kier alpha value is -1.69. The Kier molecular flexibility index (Phi) is 4.34. The molecule has 0 bridgehead atoms. The summed E-state index contributed by atoms with van der Waals surface area (Å²) < 4.78 is 1.89. The first-order valence-corrected chi connectivity index (χ1v) is 8.23. The van der Waals surface area contributed by atoms with Crippen molar-refractivity contribution in [3.8, 4) is 0 Å². The van der Waals surface area contributed by atoms with Gasteiger partial charge >= 0.3 is 0 Å². The van der Waals surface area contributed by atoms with Gasteiger partial charge in [-0.25, -0.2) is 4.68 Å². The molecule has 0 unspecified atom stereocenters. The maximum Gasteiger partial charge on any atom is 0.210 e. The minimum Gasteiger partial charge on any atom is -0.293 e. The summed E-state index contributed by atoms with van der Waals surface area (Å²) in [6.45, 7) is 1.99. The average molecular weight is 302 g/mol. The molecule has 2 aromatic rings. The highest BCUT2D eigenvalue weighted by Crippen LogP contribution is 2.31. The maximum atomic E-state index is 12.2. The quantitative estimate of drug-likeness (QED) is 0.627. The number of Topliss-reactive ketones (excluding diaryl/α,β-unsaturated/α-hetero) is 1. The number of hydrogen-bond donors (Lipinski definition) is 0. The van der Waals surface area contributed by atoms with E-state index in [1.54, 1.807) is 0 Å². The van der Waals surface area contributed by atoms with Crippen LogP contribution in [-0.2, 0) is 0 Å². The zero-order valence-corrected chi connectivity index (χ0v) is 12.8. The number of carbonyl (C=O) groups is 1. The van der Waals surface area contributed by atoms with Crippen LogP contribution in [0.2, 0.25) is 0 Å². The summed E-state index contributed by atoms with van der Waals surface area (Å²) in [5, 5.41) is 12.7. The van der Waals surface area contributed by atoms with Crippen LogP contribution in [0.1, 0.15) is 47.6 Å². The number of carbonyl (C=O) groups excluding carboxylic acids is 1. The van der Waals surface area contributed by atoms with E-state index in [0.29, 0.717) is 11.8 Å². The van der Waals surface area contributed by atoms with Crippen LogP contribution in [0, 0.1) is 6.92 Å². The van der Waals surface area contributed by atoms with E-state index in [4.69, 9.17) is 0 Å². The fourth-order valence-electron chi connectivity index (χ4n) is 2.69. The lowest BCUT2D eigenvalue weighted by atomic mass is 10.1. The fourth-order valence-corrected chi connectivity index (χ4v) is 3.53. The lowest BCUT2D eigenvalue weighted by Gasteiger charge is -2.10. The predicted molar refractivity (Wildman–Crippen MR) is 81.6 cm³/mol. The molecule has 1 aromatic carbocycles. The molecule has 1 aromatic heterocycles. The molecule has 110 valence electrons. The van der Waals surface area contributed by atoms with E-state index in [-0.39, 0.29) is 5.78 Å². The number of aryl methyl sites for hydroxylation is 1. The number of benzene rings is 1. The van der Waals surface area contributed by atoms with Crippen molar-refractivity contribution in [1.82, 2.24) is 20.2 Å². The highest BCUT2D eigenvalue weighted by atomic mass is 32.2. The molecule has 1 fully saturated rings. The van der Waals surface area contributed by atoms with Gasteiger partial charge in [0.25, 0.3) is 0 Å². The Morgan fingerprint density at radius 1 is 1.38 bits per heavy atom. The summed E-state index contributed by atoms with van der Waals surface area (Å²) in [6, 6.07) is 8.08. The van der Waals surface area contributed by atoms with Gasteiger partial charge in [0, 0.05) is 5.56 Å². The molecule has 1 heterocycles. The number of aromatic nitrogens is 4. The molecule has 1 aliphatic carbocycles. The van der Waals surface area contributed by atoms with Crippen LogP contribution < -0.4 is 0 Å². The van der Waals surface area contributed by atoms with Gasteiger partial charge in [-0.15, -0.1) is 5.10 Å². The molecule has 0 atom stereocenters. The van der Waals surface area contributed by atoms with Gasteiger partial charge in [-0.1, -0.05) is 48.4 Å². The van der Waals surface area contributed by atoms with Gasteiger partial charge in [0.05, 0.1) is 11.8 Å². The normalized spacial score (nSPS) is 15.5. The first-order valence-electron chi connectivity index (χ1n) is 7.24. The van der Waals surface area contributed by atoms with Gasteiger partial charge in [0.15, 0.2) is 5.78 Å². The molecule has 6 heteroatoms. The van der Waals surface area contributed by atoms with Gasteiger partial charge in [-0.2, -0.15) is 0 Å². The molecule has 1 saturated carbocycles. The molecule has 3 rings (SSSR count). The number of tetrazole rings is 1. The monoisotopic (exact) mass is 302 g/mol. The molecule has 0 aliphatic heterocycles. The van der Waals surface area contributed by atoms with Crippen molar-refractivity contribution < 1.29 is 4.79 Å². The third-order valence-electron chi connectivity index (χ3n) is 3.81. The number of thioether (sulfide) groups is 1. The largest absolute Gasteiger partial charge is 0.293 e. The zero-order chi connectivity index (χ0) is 14.7. The molecule has 0 N–H and O–H groups in total. The van der Waals surface area contributed by atoms with E-state index in [1.165, 1.54) is 24.6 Å². The molecular weight excluding hydrogens is 284 g/mol. The molecule has 0 radical (unpaired) electrons. The Bertz CT molecular complexity index is 634. The molecule has 21 heavy (non-hydrogen) atoms. The first kappa shape index (κ1) is 14.3. The van der Waals surface area contributed by atoms with Crippen molar-refractivity contribution in [1.29, 1.82) is 0 Å². The number of hydrogen-bond acceptors (Lipinski definition) is 5. The topological polar surface area (TPSA) is 60.7 Å². The van der Waals surface area contributed by atoms with Gasteiger partial charge in [-0.3, -0.25) is 4.79 Å². The van der Waals surface area contributed by atoms with E-state index in [1.807, 2.05) is 35.9 Å². The molecule has 5 nitrogen and oxygen atoms in total. The number of nitrogens with zero attached hydrogens (tertiary/aromatic N) is 4. The average Bonchev–Trinajstić information content (AvgIpc) is 3.15. The summed E-state index contributed by atoms with van der Waals surface area (Å²) in [7, 11) is 0. The van der Waals surface area contributed by atoms with Crippen LogP contribution in [-0.4, -0.2) is 31.7 Å². The summed E-state index contributed by atoms with van der Waals surface area (Å²) in [6.07, 6.45) is 4.72. The molecule has 0 amide bonds. The number of rotatable bonds is 5. The van der Waals surface area contributed by atoms with Crippen molar-refractivity contribution >= 4 is 17.5 Å². The smallest absolute Gasteiger partial charge is 0.210 e. The van der Waals surface area contributed by atoms with E-state index >= 15 is 0 Å². The highest BCUT2D eigenvalue weighted by Gasteiger charge is 2.22. The molecule has 0 spiro atoms. The second kappa shape index (κ2) is 6.39. The third-order valence-corrected chi connectivity index (χ3v) is 4.74. The van der Waals surface area contributed by atoms with Crippen molar-refractivity contribution in [3.05, 3.63) is 35.4 Å². The standard InChI is InChI=1S/C15H18N4OS/c1-11-5-4-6-12(9-11)14(20)10-21-15-16-17-18-19(15)13-7-2-3-8-13/h4-6,9,13H,2-3,7-8,10H2,1H3. The van der Waals surface area contributed by atoms with Gasteiger partial charge < -0.3 is 0 Å². The Morgan fingerprint density at radius 2 is 2.19 bits per heavy atom. The second-order valence-corrected chi connectivity index (χ2v) is 6.37. The van der Waals surface area contributed by atoms with E-state index < -0.39 is 0 Å². The van der Waals surface area contributed by atoms with Crippen LogP contribution in [0.4, 0.5) is 0 Å². The van der Waals surface area contributed by atoms with Gasteiger partial charge in [-0.05, 0) is 36.3 Å². The van der Waals surface area contributed by atoms with Crippen LogP contribution in [0.3, 0.4) is 0 Å². The lowest BCUT2D eigenvalue weighted by molar-refractivity contribution is 0.102. The van der Waals surface area contributed by atoms with Crippen molar-refractivity contribution in [3.63, 3.8) is 0 Å². The number of ketones is 1. The Balaban J connectivity index is 1.65. The van der Waals surface area contributed by atoms with Gasteiger partial charge in [0.1, 0.15) is 0 Å². The summed E-state index contributed by atoms with van der Waals surface area (Å²) >= 11 is 1.43. The predicted octanol–water partition coefficient (Wildman–Crippen LogP) is 3.07. The second-order valence-electron chi connectivity index (χ2n) is 5.43. The highest BCUT2D eigenvalue weighted by molar-refractivity contribution is 7.99. The SMILES string of the molecule is Cc1cccc(C(=O)CSc2nnnn2C2CCCC2)c1. The zero-order valence-electron chi connectivity index (χ0n) is 12.0. The molecule has 1 aliphatic rings. The Morgan fingerprint density at radius 3 is 2.95 bits per heavy atom. The van der Waals surface area contributed by atoms with Crippen LogP contribution in [0.15, 0.2) is 29.4 Å².